The molecule has 0 aromatic heterocycles. The van der Waals surface area contributed by atoms with Crippen LogP contribution < -0.4 is 10.6 Å². The number of rotatable bonds is 3. The summed E-state index contributed by atoms with van der Waals surface area (Å²) in [7, 11) is 0. The summed E-state index contributed by atoms with van der Waals surface area (Å²) in [5.74, 6) is -2.67. The fraction of sp³-hybridized carbons (Fsp3) is 0.176. The monoisotopic (exact) mass is 348 g/mol. The predicted octanol–water partition coefficient (Wildman–Crippen LogP) is 2.44. The zero-order valence-electron chi connectivity index (χ0n) is 12.8. The molecule has 2 aromatic carbocycles. The maximum atomic E-state index is 13.3. The average Bonchev–Trinajstić information content (AvgIpc) is 2.86. The third-order valence-electron chi connectivity index (χ3n) is 4.05. The quantitative estimate of drug-likeness (QED) is 0.685. The largest absolute Gasteiger partial charge is 0.465 e. The lowest BCUT2D eigenvalue weighted by Crippen LogP contribution is -2.32. The van der Waals surface area contributed by atoms with Gasteiger partial charge in [-0.1, -0.05) is 12.1 Å². The Hall–Kier alpha value is -3.00. The van der Waals surface area contributed by atoms with Crippen molar-refractivity contribution in [3.8, 4) is 0 Å². The fourth-order valence-electron chi connectivity index (χ4n) is 2.95. The van der Waals surface area contributed by atoms with Gasteiger partial charge in [-0.25, -0.2) is 13.6 Å². The van der Waals surface area contributed by atoms with Gasteiger partial charge in [0.2, 0.25) is 0 Å². The Morgan fingerprint density at radius 2 is 1.88 bits per heavy atom. The van der Waals surface area contributed by atoms with Crippen molar-refractivity contribution in [3.05, 3.63) is 64.7 Å². The molecule has 6 nitrogen and oxygen atoms in total. The van der Waals surface area contributed by atoms with E-state index in [-0.39, 0.29) is 17.7 Å². The molecular weight excluding hydrogens is 334 g/mol. The number of aliphatic hydroxyl groups is 1. The van der Waals surface area contributed by atoms with Crippen molar-refractivity contribution < 1.29 is 28.6 Å². The highest BCUT2D eigenvalue weighted by Crippen LogP contribution is 2.34. The maximum absolute atomic E-state index is 13.3. The van der Waals surface area contributed by atoms with Crippen molar-refractivity contribution in [2.24, 2.45) is 0 Å². The van der Waals surface area contributed by atoms with E-state index in [2.05, 4.69) is 10.6 Å². The third kappa shape index (κ3) is 3.29. The molecule has 0 aliphatic heterocycles. The van der Waals surface area contributed by atoms with E-state index in [9.17, 15) is 23.5 Å². The molecule has 0 fully saturated rings. The van der Waals surface area contributed by atoms with Gasteiger partial charge < -0.3 is 20.8 Å². The SMILES string of the molecule is O=C(O)NC1c2cccc(C(=O)Nc3ccc(F)c(F)c3)c2CC1O. The molecule has 2 atom stereocenters. The van der Waals surface area contributed by atoms with Crippen LogP contribution in [-0.4, -0.2) is 28.3 Å². The minimum atomic E-state index is -1.28. The lowest BCUT2D eigenvalue weighted by atomic mass is 10.0. The molecule has 1 aliphatic carbocycles. The molecule has 3 rings (SSSR count). The van der Waals surface area contributed by atoms with Gasteiger partial charge in [0, 0.05) is 23.7 Å². The Labute approximate surface area is 141 Å². The van der Waals surface area contributed by atoms with Gasteiger partial charge in [-0.2, -0.15) is 0 Å². The second-order valence-corrected chi connectivity index (χ2v) is 5.65. The highest BCUT2D eigenvalue weighted by atomic mass is 19.2. The molecule has 2 unspecified atom stereocenters. The maximum Gasteiger partial charge on any atom is 0.405 e. The summed E-state index contributed by atoms with van der Waals surface area (Å²) in [6.45, 7) is 0. The fourth-order valence-corrected chi connectivity index (χ4v) is 2.95. The number of nitrogens with one attached hydrogen (secondary N) is 2. The van der Waals surface area contributed by atoms with Gasteiger partial charge in [-0.05, 0) is 29.3 Å². The second-order valence-electron chi connectivity index (χ2n) is 5.65. The average molecular weight is 348 g/mol. The summed E-state index contributed by atoms with van der Waals surface area (Å²) < 4.78 is 26.2. The Morgan fingerprint density at radius 3 is 2.56 bits per heavy atom. The first kappa shape index (κ1) is 16.8. The van der Waals surface area contributed by atoms with Gasteiger partial charge in [0.25, 0.3) is 5.91 Å². The van der Waals surface area contributed by atoms with Crippen LogP contribution in [0.3, 0.4) is 0 Å². The third-order valence-corrected chi connectivity index (χ3v) is 4.05. The van der Waals surface area contributed by atoms with Crippen LogP contribution >= 0.6 is 0 Å². The number of carboxylic acid groups (broad SMARTS) is 1. The number of fused-ring (bicyclic) bond motifs is 1. The molecule has 0 heterocycles. The molecule has 1 aliphatic rings. The van der Waals surface area contributed by atoms with E-state index in [0.29, 0.717) is 11.1 Å². The summed E-state index contributed by atoms with van der Waals surface area (Å²) >= 11 is 0. The van der Waals surface area contributed by atoms with Gasteiger partial charge >= 0.3 is 6.09 Å². The molecule has 130 valence electrons. The van der Waals surface area contributed by atoms with Crippen molar-refractivity contribution in [1.82, 2.24) is 5.32 Å². The lowest BCUT2D eigenvalue weighted by Gasteiger charge is -2.15. The van der Waals surface area contributed by atoms with Crippen molar-refractivity contribution in [3.63, 3.8) is 0 Å². The van der Waals surface area contributed by atoms with Gasteiger partial charge in [0.05, 0.1) is 12.1 Å². The first-order valence-corrected chi connectivity index (χ1v) is 7.42. The van der Waals surface area contributed by atoms with Crippen LogP contribution in [0.1, 0.15) is 27.5 Å². The van der Waals surface area contributed by atoms with Crippen LogP contribution in [-0.2, 0) is 6.42 Å². The van der Waals surface area contributed by atoms with Gasteiger partial charge in [0.15, 0.2) is 11.6 Å². The number of anilines is 1. The van der Waals surface area contributed by atoms with E-state index in [0.717, 1.165) is 12.1 Å². The smallest absolute Gasteiger partial charge is 0.405 e. The number of hydrogen-bond donors (Lipinski definition) is 4. The van der Waals surface area contributed by atoms with Crippen molar-refractivity contribution in [2.75, 3.05) is 5.32 Å². The number of aliphatic hydroxyl groups excluding tert-OH is 1. The van der Waals surface area contributed by atoms with Crippen molar-refractivity contribution in [1.29, 1.82) is 0 Å². The topological polar surface area (TPSA) is 98.7 Å². The summed E-state index contributed by atoms with van der Waals surface area (Å²) in [6.07, 6.45) is -2.18. The Kier molecular flexibility index (Phi) is 4.37. The van der Waals surface area contributed by atoms with E-state index < -0.39 is 35.8 Å². The second kappa shape index (κ2) is 6.48. The van der Waals surface area contributed by atoms with Crippen LogP contribution in [0, 0.1) is 11.6 Å². The predicted molar refractivity (Wildman–Crippen MR) is 84.4 cm³/mol. The first-order chi connectivity index (χ1) is 11.9. The van der Waals surface area contributed by atoms with E-state index >= 15 is 0 Å². The molecule has 25 heavy (non-hydrogen) atoms. The number of benzene rings is 2. The van der Waals surface area contributed by atoms with Gasteiger partial charge in [-0.15, -0.1) is 0 Å². The van der Waals surface area contributed by atoms with E-state index in [4.69, 9.17) is 5.11 Å². The standard InChI is InChI=1S/C17H14F2N2O4/c18-12-5-4-8(6-13(12)19)20-16(23)10-3-1-2-9-11(10)7-14(22)15(9)21-17(24)25/h1-6,14-15,21-22H,7H2,(H,20,23)(H,24,25). The first-order valence-electron chi connectivity index (χ1n) is 7.42. The van der Waals surface area contributed by atoms with Crippen LogP contribution in [0.15, 0.2) is 36.4 Å². The molecule has 4 N–H and O–H groups in total. The van der Waals surface area contributed by atoms with E-state index in [1.807, 2.05) is 0 Å². The van der Waals surface area contributed by atoms with Crippen LogP contribution in [0.4, 0.5) is 19.3 Å². The van der Waals surface area contributed by atoms with Crippen LogP contribution in [0.5, 0.6) is 0 Å². The zero-order valence-corrected chi connectivity index (χ0v) is 12.8. The zero-order chi connectivity index (χ0) is 18.1. The summed E-state index contributed by atoms with van der Waals surface area (Å²) in [4.78, 5) is 23.3. The summed E-state index contributed by atoms with van der Waals surface area (Å²) in [6, 6.07) is 6.86. The van der Waals surface area contributed by atoms with Crippen molar-refractivity contribution in [2.45, 2.75) is 18.6 Å². The van der Waals surface area contributed by atoms with Gasteiger partial charge in [-0.3, -0.25) is 4.79 Å². The minimum absolute atomic E-state index is 0.0836. The molecule has 2 aromatic rings. The summed E-state index contributed by atoms with van der Waals surface area (Å²) in [5, 5.41) is 23.6. The molecule has 0 saturated carbocycles. The number of amides is 2. The Morgan fingerprint density at radius 1 is 1.12 bits per heavy atom. The molecule has 0 spiro atoms. The van der Waals surface area contributed by atoms with Crippen LogP contribution in [0.25, 0.3) is 0 Å². The molecule has 0 saturated heterocycles. The molecule has 8 heteroatoms. The number of hydrogen-bond acceptors (Lipinski definition) is 3. The number of carbonyl (C=O) groups is 2. The molecule has 2 amide bonds. The number of halogens is 2. The van der Waals surface area contributed by atoms with E-state index in [1.165, 1.54) is 12.1 Å². The van der Waals surface area contributed by atoms with Gasteiger partial charge in [0.1, 0.15) is 0 Å². The highest BCUT2D eigenvalue weighted by Gasteiger charge is 2.34. The van der Waals surface area contributed by atoms with E-state index in [1.54, 1.807) is 12.1 Å². The number of carbonyl (C=O) groups excluding carboxylic acids is 1. The minimum Gasteiger partial charge on any atom is -0.465 e. The highest BCUT2D eigenvalue weighted by molar-refractivity contribution is 6.05. The Balaban J connectivity index is 1.88. The van der Waals surface area contributed by atoms with Crippen molar-refractivity contribution >= 4 is 17.7 Å². The Bertz CT molecular complexity index is 857. The molecule has 0 bridgehead atoms. The van der Waals surface area contributed by atoms with Crippen LogP contribution in [0.2, 0.25) is 0 Å². The lowest BCUT2D eigenvalue weighted by molar-refractivity contribution is 0.102. The molecule has 0 radical (unpaired) electrons. The summed E-state index contributed by atoms with van der Waals surface area (Å²) in [5.41, 5.74) is 1.33. The normalized spacial score (nSPS) is 18.5. The molecular formula is C17H14F2N2O4.